The number of nitrogens with zero attached hydrogens (tertiary/aromatic N) is 5. The van der Waals surface area contributed by atoms with Crippen molar-refractivity contribution in [3.05, 3.63) is 50.7 Å². The molecule has 1 N–H and O–H groups in total. The molecule has 0 bridgehead atoms. The van der Waals surface area contributed by atoms with Crippen molar-refractivity contribution in [2.24, 2.45) is 7.05 Å². The highest BCUT2D eigenvalue weighted by Crippen LogP contribution is 2.19. The van der Waals surface area contributed by atoms with Gasteiger partial charge in [0.1, 0.15) is 5.82 Å². The highest BCUT2D eigenvalue weighted by atomic mass is 16.1. The van der Waals surface area contributed by atoms with Crippen LogP contribution in [0.5, 0.6) is 0 Å². The van der Waals surface area contributed by atoms with Gasteiger partial charge in [-0.15, -0.1) is 0 Å². The van der Waals surface area contributed by atoms with E-state index in [0.29, 0.717) is 18.4 Å². The van der Waals surface area contributed by atoms with Crippen molar-refractivity contribution in [1.82, 2.24) is 24.5 Å². The van der Waals surface area contributed by atoms with E-state index >= 15 is 0 Å². The van der Waals surface area contributed by atoms with Gasteiger partial charge < -0.3 is 5.32 Å². The van der Waals surface area contributed by atoms with Gasteiger partial charge in [-0.1, -0.05) is 27.2 Å². The van der Waals surface area contributed by atoms with Crippen LogP contribution in [0.4, 0.5) is 5.82 Å². The van der Waals surface area contributed by atoms with Crippen molar-refractivity contribution in [3.8, 4) is 0 Å². The molecule has 29 heavy (non-hydrogen) atoms. The Bertz CT molecular complexity index is 943. The first kappa shape index (κ1) is 21.2. The van der Waals surface area contributed by atoms with Crippen molar-refractivity contribution >= 4 is 5.82 Å². The zero-order valence-electron chi connectivity index (χ0n) is 17.9. The van der Waals surface area contributed by atoms with Crippen LogP contribution in [0.25, 0.3) is 0 Å². The zero-order chi connectivity index (χ0) is 21.0. The smallest absolute Gasteiger partial charge is 0.266 e. The third kappa shape index (κ3) is 5.53. The van der Waals surface area contributed by atoms with Crippen molar-refractivity contribution in [2.45, 2.75) is 58.0 Å². The number of piperidine rings is 1. The molecule has 0 amide bonds. The summed E-state index contributed by atoms with van der Waals surface area (Å²) in [6.45, 7) is 9.44. The van der Waals surface area contributed by atoms with E-state index in [0.717, 1.165) is 31.7 Å². The van der Waals surface area contributed by atoms with E-state index in [1.807, 2.05) is 6.07 Å². The highest BCUT2D eigenvalue weighted by Gasteiger charge is 2.23. The lowest BCUT2D eigenvalue weighted by Gasteiger charge is -2.36. The van der Waals surface area contributed by atoms with Crippen LogP contribution in [0.3, 0.4) is 0 Å². The van der Waals surface area contributed by atoms with Gasteiger partial charge in [0.05, 0.1) is 12.2 Å². The molecule has 2 aromatic heterocycles. The van der Waals surface area contributed by atoms with Crippen LogP contribution in [-0.2, 0) is 19.0 Å². The minimum atomic E-state index is -0.120. The number of nitrogens with one attached hydrogen (secondary N) is 1. The lowest BCUT2D eigenvalue weighted by Crippen LogP contribution is -2.46. The van der Waals surface area contributed by atoms with Crippen LogP contribution >= 0.6 is 0 Å². The van der Waals surface area contributed by atoms with Crippen LogP contribution in [-0.4, -0.2) is 50.1 Å². The predicted molar refractivity (Wildman–Crippen MR) is 114 cm³/mol. The average Bonchev–Trinajstić information content (AvgIpc) is 2.68. The summed E-state index contributed by atoms with van der Waals surface area (Å²) < 4.78 is 2.93. The number of likely N-dealkylation sites (tertiary alicyclic amines) is 1. The SMILES string of the molecule is Cn1nc(NCC2CCCCN2CCn2nc(C(C)(C)C)ccc2=O)ccc1=O. The Kier molecular flexibility index (Phi) is 6.52. The van der Waals surface area contributed by atoms with E-state index in [-0.39, 0.29) is 16.5 Å². The lowest BCUT2D eigenvalue weighted by molar-refractivity contribution is 0.147. The molecule has 3 heterocycles. The molecular formula is C21H32N6O2. The maximum atomic E-state index is 12.3. The Balaban J connectivity index is 1.63. The molecule has 2 aromatic rings. The van der Waals surface area contributed by atoms with Crippen LogP contribution in [0.2, 0.25) is 0 Å². The van der Waals surface area contributed by atoms with Gasteiger partial charge in [0.15, 0.2) is 0 Å². The number of hydrogen-bond donors (Lipinski definition) is 1. The molecule has 1 aliphatic heterocycles. The maximum Gasteiger partial charge on any atom is 0.266 e. The molecule has 0 radical (unpaired) electrons. The molecule has 0 aromatic carbocycles. The fourth-order valence-electron chi connectivity index (χ4n) is 3.64. The summed E-state index contributed by atoms with van der Waals surface area (Å²) in [7, 11) is 1.65. The summed E-state index contributed by atoms with van der Waals surface area (Å²) in [6, 6.07) is 7.05. The van der Waals surface area contributed by atoms with Gasteiger partial charge in [0, 0.05) is 43.7 Å². The number of aromatic nitrogens is 4. The monoisotopic (exact) mass is 400 g/mol. The summed E-state index contributed by atoms with van der Waals surface area (Å²) in [5, 5.41) is 12.2. The summed E-state index contributed by atoms with van der Waals surface area (Å²) >= 11 is 0. The molecule has 8 heteroatoms. The van der Waals surface area contributed by atoms with Crippen LogP contribution in [0.15, 0.2) is 33.9 Å². The number of anilines is 1. The Morgan fingerprint density at radius 3 is 2.52 bits per heavy atom. The Morgan fingerprint density at radius 1 is 1.03 bits per heavy atom. The topological polar surface area (TPSA) is 85.1 Å². The summed E-state index contributed by atoms with van der Waals surface area (Å²) in [6.07, 6.45) is 3.46. The first-order chi connectivity index (χ1) is 13.7. The van der Waals surface area contributed by atoms with E-state index in [2.05, 4.69) is 41.2 Å². The molecule has 0 saturated carbocycles. The molecule has 1 unspecified atom stereocenters. The molecule has 8 nitrogen and oxygen atoms in total. The van der Waals surface area contributed by atoms with E-state index < -0.39 is 0 Å². The van der Waals surface area contributed by atoms with Gasteiger partial charge in [0.2, 0.25) is 0 Å². The minimum absolute atomic E-state index is 0.0564. The highest BCUT2D eigenvalue weighted by molar-refractivity contribution is 5.32. The predicted octanol–water partition coefficient (Wildman–Crippen LogP) is 1.60. The molecule has 1 saturated heterocycles. The molecule has 158 valence electrons. The minimum Gasteiger partial charge on any atom is -0.367 e. The molecule has 0 spiro atoms. The fourth-order valence-corrected chi connectivity index (χ4v) is 3.64. The molecule has 1 atom stereocenters. The summed E-state index contributed by atoms with van der Waals surface area (Å²) in [5.41, 5.74) is 0.662. The van der Waals surface area contributed by atoms with E-state index in [9.17, 15) is 9.59 Å². The molecular weight excluding hydrogens is 368 g/mol. The van der Waals surface area contributed by atoms with Crippen molar-refractivity contribution in [2.75, 3.05) is 25.0 Å². The van der Waals surface area contributed by atoms with Gasteiger partial charge >= 0.3 is 0 Å². The maximum absolute atomic E-state index is 12.3. The largest absolute Gasteiger partial charge is 0.367 e. The average molecular weight is 401 g/mol. The lowest BCUT2D eigenvalue weighted by atomic mass is 9.92. The number of rotatable bonds is 6. The molecule has 0 aliphatic carbocycles. The van der Waals surface area contributed by atoms with Gasteiger partial charge in [0.25, 0.3) is 11.1 Å². The molecule has 3 rings (SSSR count). The van der Waals surface area contributed by atoms with Gasteiger partial charge in [-0.3, -0.25) is 14.5 Å². The molecule has 1 aliphatic rings. The second kappa shape index (κ2) is 8.90. The summed E-state index contributed by atoms with van der Waals surface area (Å²) in [4.78, 5) is 26.2. The number of hydrogen-bond acceptors (Lipinski definition) is 6. The van der Waals surface area contributed by atoms with E-state index in [4.69, 9.17) is 0 Å². The first-order valence-electron chi connectivity index (χ1n) is 10.3. The Labute approximate surface area is 171 Å². The Hall–Kier alpha value is -2.48. The second-order valence-electron chi connectivity index (χ2n) is 8.78. The quantitative estimate of drug-likeness (QED) is 0.793. The normalized spacial score (nSPS) is 18.0. The zero-order valence-corrected chi connectivity index (χ0v) is 17.9. The van der Waals surface area contributed by atoms with E-state index in [1.54, 1.807) is 23.9 Å². The van der Waals surface area contributed by atoms with Gasteiger partial charge in [-0.05, 0) is 31.5 Å². The van der Waals surface area contributed by atoms with Gasteiger partial charge in [-0.25, -0.2) is 9.36 Å². The first-order valence-corrected chi connectivity index (χ1v) is 10.3. The second-order valence-corrected chi connectivity index (χ2v) is 8.78. The van der Waals surface area contributed by atoms with Crippen molar-refractivity contribution in [3.63, 3.8) is 0 Å². The third-order valence-corrected chi connectivity index (χ3v) is 5.46. The van der Waals surface area contributed by atoms with Crippen LogP contribution < -0.4 is 16.4 Å². The van der Waals surface area contributed by atoms with Crippen LogP contribution in [0.1, 0.15) is 45.7 Å². The van der Waals surface area contributed by atoms with Crippen molar-refractivity contribution in [1.29, 1.82) is 0 Å². The summed E-state index contributed by atoms with van der Waals surface area (Å²) in [5.74, 6) is 0.702. The van der Waals surface area contributed by atoms with Gasteiger partial charge in [-0.2, -0.15) is 10.2 Å². The Morgan fingerprint density at radius 2 is 1.79 bits per heavy atom. The number of aryl methyl sites for hydroxylation is 1. The van der Waals surface area contributed by atoms with Crippen molar-refractivity contribution < 1.29 is 0 Å². The van der Waals surface area contributed by atoms with E-state index in [1.165, 1.54) is 23.6 Å². The third-order valence-electron chi connectivity index (χ3n) is 5.46. The molecule has 1 fully saturated rings. The standard InChI is InChI=1S/C21H32N6O2/c1-21(2,3)17-8-10-20(29)27(23-17)14-13-26-12-6-5-7-16(26)15-22-18-9-11-19(28)25(4)24-18/h8-11,16H,5-7,12-15H2,1-4H3,(H,22,24). The van der Waals surface area contributed by atoms with Crippen LogP contribution in [0, 0.1) is 0 Å². The fraction of sp³-hybridized carbons (Fsp3) is 0.619.